The maximum atomic E-state index is 13.0. The van der Waals surface area contributed by atoms with Crippen LogP contribution in [0.5, 0.6) is 5.75 Å². The number of aryl methyl sites for hydroxylation is 2. The van der Waals surface area contributed by atoms with Gasteiger partial charge in [-0.05, 0) is 62.2 Å². The molecule has 1 aromatic heterocycles. The summed E-state index contributed by atoms with van der Waals surface area (Å²) < 4.78 is 20.3. The minimum absolute atomic E-state index is 0.0956. The van der Waals surface area contributed by atoms with Crippen molar-refractivity contribution in [2.45, 2.75) is 46.0 Å². The van der Waals surface area contributed by atoms with E-state index in [0.717, 1.165) is 18.5 Å². The van der Waals surface area contributed by atoms with Gasteiger partial charge >= 0.3 is 0 Å². The van der Waals surface area contributed by atoms with Gasteiger partial charge in [0.2, 0.25) is 0 Å². The van der Waals surface area contributed by atoms with Crippen LogP contribution in [0.15, 0.2) is 71.7 Å². The van der Waals surface area contributed by atoms with Crippen LogP contribution in [0.2, 0.25) is 0 Å². The molecule has 0 fully saturated rings. The highest BCUT2D eigenvalue weighted by Crippen LogP contribution is 2.12. The number of ether oxygens (including phenoxy) is 1. The highest BCUT2D eigenvalue weighted by atomic mass is 19.1. The molecule has 0 bridgehead atoms. The van der Waals surface area contributed by atoms with Gasteiger partial charge in [0.15, 0.2) is 0 Å². The molecule has 2 aromatic carbocycles. The van der Waals surface area contributed by atoms with Crippen LogP contribution in [0.25, 0.3) is 0 Å². The molecule has 0 atom stereocenters. The smallest absolute Gasteiger partial charge is 0.254 e. The number of benzene rings is 2. The van der Waals surface area contributed by atoms with Gasteiger partial charge in [-0.15, -0.1) is 0 Å². The van der Waals surface area contributed by atoms with Crippen molar-refractivity contribution in [1.82, 2.24) is 9.47 Å². The fourth-order valence-electron chi connectivity index (χ4n) is 3.04. The Morgan fingerprint density at radius 1 is 0.967 bits per heavy atom. The zero-order chi connectivity index (χ0) is 21.5. The van der Waals surface area contributed by atoms with E-state index in [1.165, 1.54) is 29.3 Å². The van der Waals surface area contributed by atoms with Crippen LogP contribution in [-0.2, 0) is 26.1 Å². The molecule has 0 spiro atoms. The maximum absolute atomic E-state index is 13.0. The quantitative estimate of drug-likeness (QED) is 0.517. The first kappa shape index (κ1) is 21.8. The van der Waals surface area contributed by atoms with Crippen molar-refractivity contribution >= 4 is 0 Å². The van der Waals surface area contributed by atoms with Crippen LogP contribution < -0.4 is 10.3 Å². The molecule has 0 aliphatic carbocycles. The third-order valence-corrected chi connectivity index (χ3v) is 5.26. The average molecular weight is 409 g/mol. The lowest BCUT2D eigenvalue weighted by atomic mass is 10.1. The second-order valence-corrected chi connectivity index (χ2v) is 7.88. The number of rotatable bonds is 9. The Labute approximate surface area is 177 Å². The summed E-state index contributed by atoms with van der Waals surface area (Å²) in [6.07, 6.45) is 2.55. The zero-order valence-corrected chi connectivity index (χ0v) is 17.8. The molecule has 3 aromatic rings. The molecule has 158 valence electrons. The van der Waals surface area contributed by atoms with Crippen molar-refractivity contribution < 1.29 is 9.13 Å². The van der Waals surface area contributed by atoms with Crippen molar-refractivity contribution in [3.05, 3.63) is 99.7 Å². The van der Waals surface area contributed by atoms with Crippen LogP contribution in [0.4, 0.5) is 4.39 Å². The van der Waals surface area contributed by atoms with Crippen LogP contribution in [0, 0.1) is 5.82 Å². The van der Waals surface area contributed by atoms with E-state index in [9.17, 15) is 9.18 Å². The largest absolute Gasteiger partial charge is 0.489 e. The highest BCUT2D eigenvalue weighted by molar-refractivity contribution is 5.23. The first-order valence-corrected chi connectivity index (χ1v) is 10.3. The Kier molecular flexibility index (Phi) is 7.41. The summed E-state index contributed by atoms with van der Waals surface area (Å²) in [5, 5.41) is 0. The Balaban J connectivity index is 1.53. The highest BCUT2D eigenvalue weighted by Gasteiger charge is 2.05. The second kappa shape index (κ2) is 10.2. The summed E-state index contributed by atoms with van der Waals surface area (Å²) in [5.41, 5.74) is 3.25. The lowest BCUT2D eigenvalue weighted by molar-refractivity contribution is 0.266. The Morgan fingerprint density at radius 2 is 1.60 bits per heavy atom. The molecule has 0 saturated carbocycles. The van der Waals surface area contributed by atoms with Crippen LogP contribution in [0.1, 0.15) is 30.5 Å². The lowest BCUT2D eigenvalue weighted by Gasteiger charge is -2.21. The zero-order valence-electron chi connectivity index (χ0n) is 17.8. The van der Waals surface area contributed by atoms with E-state index in [2.05, 4.69) is 50.1 Å². The third-order valence-electron chi connectivity index (χ3n) is 5.26. The second-order valence-electron chi connectivity index (χ2n) is 7.88. The van der Waals surface area contributed by atoms with Crippen LogP contribution in [-0.4, -0.2) is 22.6 Å². The van der Waals surface area contributed by atoms with Crippen molar-refractivity contribution in [3.8, 4) is 5.75 Å². The monoisotopic (exact) mass is 408 g/mol. The molecule has 0 aliphatic heterocycles. The van der Waals surface area contributed by atoms with Crippen molar-refractivity contribution in [2.24, 2.45) is 0 Å². The number of aromatic nitrogens is 1. The molecule has 0 N–H and O–H groups in total. The first-order chi connectivity index (χ1) is 14.4. The van der Waals surface area contributed by atoms with Gasteiger partial charge in [-0.3, -0.25) is 9.69 Å². The molecule has 3 rings (SSSR count). The summed E-state index contributed by atoms with van der Waals surface area (Å²) in [6.45, 7) is 6.21. The fourth-order valence-corrected chi connectivity index (χ4v) is 3.04. The predicted octanol–water partition coefficient (Wildman–Crippen LogP) is 4.65. The van der Waals surface area contributed by atoms with Gasteiger partial charge in [-0.2, -0.15) is 0 Å². The van der Waals surface area contributed by atoms with Crippen molar-refractivity contribution in [3.63, 3.8) is 0 Å². The molecule has 30 heavy (non-hydrogen) atoms. The molecule has 0 aliphatic rings. The predicted molar refractivity (Wildman–Crippen MR) is 118 cm³/mol. The van der Waals surface area contributed by atoms with E-state index in [-0.39, 0.29) is 11.4 Å². The van der Waals surface area contributed by atoms with Crippen LogP contribution >= 0.6 is 0 Å². The van der Waals surface area contributed by atoms with Gasteiger partial charge in [-0.1, -0.05) is 36.4 Å². The van der Waals surface area contributed by atoms with Gasteiger partial charge in [0, 0.05) is 31.4 Å². The maximum Gasteiger partial charge on any atom is 0.254 e. The number of nitrogens with zero attached hydrogens (tertiary/aromatic N) is 2. The third kappa shape index (κ3) is 6.29. The fraction of sp³-hybridized carbons (Fsp3) is 0.320. The van der Waals surface area contributed by atoms with Gasteiger partial charge < -0.3 is 9.30 Å². The van der Waals surface area contributed by atoms with E-state index >= 15 is 0 Å². The molecular formula is C25H29FN2O2. The Bertz CT molecular complexity index is 995. The molecular weight excluding hydrogens is 379 g/mol. The molecule has 5 heteroatoms. The molecule has 4 nitrogen and oxygen atoms in total. The normalized spacial score (nSPS) is 11.3. The molecule has 0 amide bonds. The molecule has 0 unspecified atom stereocenters. The summed E-state index contributed by atoms with van der Waals surface area (Å²) in [6, 6.07) is 18.5. The van der Waals surface area contributed by atoms with E-state index in [1.807, 2.05) is 0 Å². The number of hydrogen-bond donors (Lipinski definition) is 0. The van der Waals surface area contributed by atoms with Gasteiger partial charge in [0.25, 0.3) is 5.56 Å². The first-order valence-electron chi connectivity index (χ1n) is 10.3. The van der Waals surface area contributed by atoms with Crippen molar-refractivity contribution in [1.29, 1.82) is 0 Å². The average Bonchev–Trinajstić information content (AvgIpc) is 2.73. The SMILES string of the molecule is CC(C)N(C)Cc1ccc(CCn2ccc(OCc3ccc(F)cc3)cc2=O)cc1. The van der Waals surface area contributed by atoms with Crippen molar-refractivity contribution in [2.75, 3.05) is 7.05 Å². The molecule has 1 heterocycles. The summed E-state index contributed by atoms with van der Waals surface area (Å²) in [4.78, 5) is 14.7. The number of halogens is 1. The summed E-state index contributed by atoms with van der Waals surface area (Å²) in [5.74, 6) is 0.234. The van der Waals surface area contributed by atoms with E-state index in [0.29, 0.717) is 24.9 Å². The van der Waals surface area contributed by atoms with Crippen LogP contribution in [0.3, 0.4) is 0 Å². The number of hydrogen-bond acceptors (Lipinski definition) is 3. The summed E-state index contributed by atoms with van der Waals surface area (Å²) in [7, 11) is 2.12. The Morgan fingerprint density at radius 3 is 2.23 bits per heavy atom. The van der Waals surface area contributed by atoms with E-state index in [1.54, 1.807) is 29.0 Å². The van der Waals surface area contributed by atoms with Gasteiger partial charge in [0.1, 0.15) is 18.2 Å². The lowest BCUT2D eigenvalue weighted by Crippen LogP contribution is -2.25. The summed E-state index contributed by atoms with van der Waals surface area (Å²) >= 11 is 0. The standard InChI is InChI=1S/C25H29FN2O2/c1-19(2)27(3)17-21-6-4-20(5-7-21)12-14-28-15-13-24(16-25(28)29)30-18-22-8-10-23(26)11-9-22/h4-11,13,15-16,19H,12,14,17-18H2,1-3H3. The molecule has 0 radical (unpaired) electrons. The van der Waals surface area contributed by atoms with Gasteiger partial charge in [0.05, 0.1) is 0 Å². The minimum atomic E-state index is -0.279. The topological polar surface area (TPSA) is 34.5 Å². The van der Waals surface area contributed by atoms with E-state index in [4.69, 9.17) is 4.74 Å². The van der Waals surface area contributed by atoms with E-state index < -0.39 is 0 Å². The van der Waals surface area contributed by atoms with Gasteiger partial charge in [-0.25, -0.2) is 4.39 Å². The number of pyridine rings is 1. The molecule has 0 saturated heterocycles. The minimum Gasteiger partial charge on any atom is -0.489 e. The Hall–Kier alpha value is -2.92.